The molecule has 3 rings (SSSR count). The highest BCUT2D eigenvalue weighted by atomic mass is 32.2. The van der Waals surface area contributed by atoms with Gasteiger partial charge in [-0.15, -0.1) is 10.2 Å². The van der Waals surface area contributed by atoms with Crippen molar-refractivity contribution in [2.45, 2.75) is 44.8 Å². The summed E-state index contributed by atoms with van der Waals surface area (Å²) in [5.41, 5.74) is 3.05. The standard InChI is InChI=1S/C23H28N4O2S/c1-6-27-21(16-11-13-17(14-12-16)23(2,3)4)25-26-22(27)30-15-20(28)24-18-9-7-8-10-19(18)29-5/h7-14H,6,15H2,1-5H3,(H,24,28). The molecule has 0 spiro atoms. The zero-order valence-electron chi connectivity index (χ0n) is 18.1. The van der Waals surface area contributed by atoms with Gasteiger partial charge in [-0.25, -0.2) is 0 Å². The fraction of sp³-hybridized carbons (Fsp3) is 0.348. The van der Waals surface area contributed by atoms with Crippen LogP contribution in [-0.2, 0) is 16.8 Å². The molecule has 3 aromatic rings. The zero-order chi connectivity index (χ0) is 21.7. The van der Waals surface area contributed by atoms with Gasteiger partial charge in [0.15, 0.2) is 11.0 Å². The smallest absolute Gasteiger partial charge is 0.234 e. The van der Waals surface area contributed by atoms with Crippen molar-refractivity contribution in [2.24, 2.45) is 0 Å². The number of aromatic nitrogens is 3. The number of anilines is 1. The summed E-state index contributed by atoms with van der Waals surface area (Å²) >= 11 is 1.37. The van der Waals surface area contributed by atoms with E-state index in [0.717, 1.165) is 23.1 Å². The van der Waals surface area contributed by atoms with E-state index in [0.29, 0.717) is 11.4 Å². The van der Waals surface area contributed by atoms with E-state index in [4.69, 9.17) is 4.74 Å². The molecule has 7 heteroatoms. The summed E-state index contributed by atoms with van der Waals surface area (Å²) in [7, 11) is 1.58. The maximum atomic E-state index is 12.4. The number of thioether (sulfide) groups is 1. The van der Waals surface area contributed by atoms with E-state index in [2.05, 4.69) is 67.5 Å². The Morgan fingerprint density at radius 1 is 1.10 bits per heavy atom. The van der Waals surface area contributed by atoms with Crippen LogP contribution in [0, 0.1) is 0 Å². The second-order valence-corrected chi connectivity index (χ2v) is 8.86. The maximum Gasteiger partial charge on any atom is 0.234 e. The molecule has 0 fully saturated rings. The summed E-state index contributed by atoms with van der Waals surface area (Å²) in [6, 6.07) is 15.8. The average Bonchev–Trinajstić information content (AvgIpc) is 3.15. The normalized spacial score (nSPS) is 11.4. The van der Waals surface area contributed by atoms with E-state index >= 15 is 0 Å². The number of para-hydroxylation sites is 2. The summed E-state index contributed by atoms with van der Waals surface area (Å²) in [4.78, 5) is 12.4. The molecule has 0 saturated carbocycles. The Balaban J connectivity index is 1.71. The van der Waals surface area contributed by atoms with Crippen LogP contribution in [0.4, 0.5) is 5.69 Å². The first-order valence-corrected chi connectivity index (χ1v) is 10.9. The first-order valence-electron chi connectivity index (χ1n) is 9.93. The third kappa shape index (κ3) is 5.02. The SMILES string of the molecule is CCn1c(SCC(=O)Nc2ccccc2OC)nnc1-c1ccc(C(C)(C)C)cc1. The van der Waals surface area contributed by atoms with Gasteiger partial charge in [-0.05, 0) is 30.0 Å². The lowest BCUT2D eigenvalue weighted by atomic mass is 9.87. The number of amides is 1. The molecule has 0 unspecified atom stereocenters. The topological polar surface area (TPSA) is 69.0 Å². The number of nitrogens with zero attached hydrogens (tertiary/aromatic N) is 3. The summed E-state index contributed by atoms with van der Waals surface area (Å²) in [5.74, 6) is 1.56. The van der Waals surface area contributed by atoms with Crippen molar-refractivity contribution >= 4 is 23.4 Å². The number of benzene rings is 2. The van der Waals surface area contributed by atoms with Gasteiger partial charge < -0.3 is 14.6 Å². The third-order valence-electron chi connectivity index (χ3n) is 4.76. The summed E-state index contributed by atoms with van der Waals surface area (Å²) < 4.78 is 7.31. The van der Waals surface area contributed by atoms with Gasteiger partial charge in [0.1, 0.15) is 5.75 Å². The molecule has 0 aliphatic rings. The molecule has 1 heterocycles. The Bertz CT molecular complexity index is 1010. The van der Waals surface area contributed by atoms with Crippen molar-refractivity contribution in [3.05, 3.63) is 54.1 Å². The molecule has 1 aromatic heterocycles. The van der Waals surface area contributed by atoms with Gasteiger partial charge in [-0.1, -0.05) is 68.9 Å². The minimum atomic E-state index is -0.119. The van der Waals surface area contributed by atoms with Crippen LogP contribution in [-0.4, -0.2) is 33.5 Å². The van der Waals surface area contributed by atoms with Crippen LogP contribution in [0.25, 0.3) is 11.4 Å². The Morgan fingerprint density at radius 3 is 2.43 bits per heavy atom. The predicted octanol–water partition coefficient (Wildman–Crippen LogP) is 5.00. The molecule has 30 heavy (non-hydrogen) atoms. The van der Waals surface area contributed by atoms with E-state index in [1.807, 2.05) is 28.8 Å². The highest BCUT2D eigenvalue weighted by Crippen LogP contribution is 2.28. The van der Waals surface area contributed by atoms with E-state index in [1.165, 1.54) is 17.3 Å². The van der Waals surface area contributed by atoms with Gasteiger partial charge in [0, 0.05) is 12.1 Å². The Labute approximate surface area is 182 Å². The fourth-order valence-electron chi connectivity index (χ4n) is 3.08. The lowest BCUT2D eigenvalue weighted by Crippen LogP contribution is -2.15. The van der Waals surface area contributed by atoms with Crippen molar-refractivity contribution in [2.75, 3.05) is 18.2 Å². The highest BCUT2D eigenvalue weighted by Gasteiger charge is 2.17. The number of methoxy groups -OCH3 is 1. The molecular weight excluding hydrogens is 396 g/mol. The molecule has 1 amide bonds. The van der Waals surface area contributed by atoms with Crippen LogP contribution in [0.15, 0.2) is 53.7 Å². The van der Waals surface area contributed by atoms with Crippen molar-refractivity contribution in [3.63, 3.8) is 0 Å². The number of nitrogens with one attached hydrogen (secondary N) is 1. The Kier molecular flexibility index (Phi) is 6.82. The zero-order valence-corrected chi connectivity index (χ0v) is 18.9. The number of carbonyl (C=O) groups is 1. The molecule has 0 radical (unpaired) electrons. The monoisotopic (exact) mass is 424 g/mol. The van der Waals surface area contributed by atoms with E-state index < -0.39 is 0 Å². The van der Waals surface area contributed by atoms with Crippen LogP contribution in [0.1, 0.15) is 33.3 Å². The van der Waals surface area contributed by atoms with Gasteiger partial charge in [0.2, 0.25) is 5.91 Å². The second kappa shape index (κ2) is 9.34. The minimum absolute atomic E-state index is 0.104. The van der Waals surface area contributed by atoms with Crippen LogP contribution in [0.5, 0.6) is 5.75 Å². The number of hydrogen-bond acceptors (Lipinski definition) is 5. The Morgan fingerprint density at radius 2 is 1.80 bits per heavy atom. The highest BCUT2D eigenvalue weighted by molar-refractivity contribution is 7.99. The summed E-state index contributed by atoms with van der Waals surface area (Å²) in [6.45, 7) is 9.36. The minimum Gasteiger partial charge on any atom is -0.495 e. The number of ether oxygens (including phenoxy) is 1. The number of rotatable bonds is 7. The molecule has 0 bridgehead atoms. The molecule has 158 valence electrons. The van der Waals surface area contributed by atoms with Crippen LogP contribution < -0.4 is 10.1 Å². The summed E-state index contributed by atoms with van der Waals surface area (Å²) in [5, 5.41) is 12.3. The second-order valence-electron chi connectivity index (χ2n) is 7.91. The first kappa shape index (κ1) is 21.9. The van der Waals surface area contributed by atoms with Gasteiger partial charge in [-0.3, -0.25) is 4.79 Å². The van der Waals surface area contributed by atoms with Crippen LogP contribution in [0.3, 0.4) is 0 Å². The van der Waals surface area contributed by atoms with Gasteiger partial charge in [0.05, 0.1) is 18.6 Å². The third-order valence-corrected chi connectivity index (χ3v) is 5.72. The number of hydrogen-bond donors (Lipinski definition) is 1. The van der Waals surface area contributed by atoms with Crippen molar-refractivity contribution < 1.29 is 9.53 Å². The molecule has 1 N–H and O–H groups in total. The molecule has 6 nitrogen and oxygen atoms in total. The van der Waals surface area contributed by atoms with Crippen molar-refractivity contribution in [1.29, 1.82) is 0 Å². The predicted molar refractivity (Wildman–Crippen MR) is 122 cm³/mol. The lowest BCUT2D eigenvalue weighted by molar-refractivity contribution is -0.113. The summed E-state index contributed by atoms with van der Waals surface area (Å²) in [6.07, 6.45) is 0. The molecule has 0 atom stereocenters. The fourth-order valence-corrected chi connectivity index (χ4v) is 3.88. The molecular formula is C23H28N4O2S. The van der Waals surface area contributed by atoms with Gasteiger partial charge >= 0.3 is 0 Å². The van der Waals surface area contributed by atoms with Gasteiger partial charge in [-0.2, -0.15) is 0 Å². The van der Waals surface area contributed by atoms with E-state index in [-0.39, 0.29) is 17.1 Å². The van der Waals surface area contributed by atoms with Crippen molar-refractivity contribution in [1.82, 2.24) is 14.8 Å². The van der Waals surface area contributed by atoms with Crippen LogP contribution >= 0.6 is 11.8 Å². The van der Waals surface area contributed by atoms with E-state index in [1.54, 1.807) is 7.11 Å². The maximum absolute atomic E-state index is 12.4. The lowest BCUT2D eigenvalue weighted by Gasteiger charge is -2.19. The largest absolute Gasteiger partial charge is 0.495 e. The molecule has 2 aromatic carbocycles. The Hall–Kier alpha value is -2.80. The van der Waals surface area contributed by atoms with Gasteiger partial charge in [0.25, 0.3) is 0 Å². The quantitative estimate of drug-likeness (QED) is 0.541. The average molecular weight is 425 g/mol. The van der Waals surface area contributed by atoms with Crippen molar-refractivity contribution in [3.8, 4) is 17.1 Å². The number of carbonyl (C=O) groups excluding carboxylic acids is 1. The molecule has 0 aliphatic carbocycles. The molecule has 0 aliphatic heterocycles. The molecule has 0 saturated heterocycles. The van der Waals surface area contributed by atoms with Crippen LogP contribution in [0.2, 0.25) is 0 Å². The first-order chi connectivity index (χ1) is 14.3. The van der Waals surface area contributed by atoms with E-state index in [9.17, 15) is 4.79 Å².